The molecule has 0 spiro atoms. The van der Waals surface area contributed by atoms with Crippen molar-refractivity contribution in [2.24, 2.45) is 11.3 Å². The van der Waals surface area contributed by atoms with Crippen LogP contribution >= 0.6 is 0 Å². The monoisotopic (exact) mass is 266 g/mol. The highest BCUT2D eigenvalue weighted by atomic mass is 16.6. The van der Waals surface area contributed by atoms with Gasteiger partial charge in [0.05, 0.1) is 5.41 Å². The second kappa shape index (κ2) is 4.66. The van der Waals surface area contributed by atoms with E-state index in [0.717, 1.165) is 19.3 Å². The number of hydrogen-bond donors (Lipinski definition) is 0. The highest BCUT2D eigenvalue weighted by Crippen LogP contribution is 2.53. The van der Waals surface area contributed by atoms with Gasteiger partial charge in [-0.05, 0) is 52.9 Å². The van der Waals surface area contributed by atoms with Gasteiger partial charge in [0, 0.05) is 0 Å². The number of ether oxygens (including phenoxy) is 2. The Bertz CT molecular complexity index is 430. The molecule has 0 radical (unpaired) electrons. The van der Waals surface area contributed by atoms with Gasteiger partial charge in [-0.15, -0.1) is 0 Å². The van der Waals surface area contributed by atoms with E-state index < -0.39 is 17.0 Å². The maximum atomic E-state index is 12.2. The summed E-state index contributed by atoms with van der Waals surface area (Å²) < 4.78 is 10.3. The van der Waals surface area contributed by atoms with Gasteiger partial charge in [-0.2, -0.15) is 0 Å². The van der Waals surface area contributed by atoms with E-state index in [1.165, 1.54) is 5.57 Å². The summed E-state index contributed by atoms with van der Waals surface area (Å²) in [6, 6.07) is 0. The number of carbonyl (C=O) groups excluding carboxylic acids is 2. The van der Waals surface area contributed by atoms with Crippen molar-refractivity contribution in [2.45, 2.75) is 52.6 Å². The van der Waals surface area contributed by atoms with Crippen LogP contribution < -0.4 is 0 Å². The summed E-state index contributed by atoms with van der Waals surface area (Å²) in [5.41, 5.74) is 0.346. The maximum Gasteiger partial charge on any atom is 0.344 e. The van der Waals surface area contributed by atoms with Crippen LogP contribution in [0.4, 0.5) is 0 Å². The van der Waals surface area contributed by atoms with Gasteiger partial charge in [-0.3, -0.25) is 4.79 Å². The van der Waals surface area contributed by atoms with Crippen LogP contribution in [-0.4, -0.2) is 24.1 Å². The Morgan fingerprint density at radius 1 is 1.42 bits per heavy atom. The lowest BCUT2D eigenvalue weighted by atomic mass is 9.77. The summed E-state index contributed by atoms with van der Waals surface area (Å²) in [6.07, 6.45) is 4.93. The molecule has 2 rings (SSSR count). The van der Waals surface area contributed by atoms with E-state index in [1.807, 2.05) is 6.92 Å². The van der Waals surface area contributed by atoms with Crippen LogP contribution in [-0.2, 0) is 19.1 Å². The molecular formula is C15H22O4. The zero-order valence-corrected chi connectivity index (χ0v) is 12.1. The normalized spacial score (nSPS) is 29.1. The largest absolute Gasteiger partial charge is 0.457 e. The average Bonchev–Trinajstić information content (AvgIpc) is 2.83. The minimum Gasteiger partial charge on any atom is -0.457 e. The molecule has 0 aromatic carbocycles. The van der Waals surface area contributed by atoms with Gasteiger partial charge in [0.25, 0.3) is 0 Å². The smallest absolute Gasteiger partial charge is 0.344 e. The fraction of sp³-hybridized carbons (Fsp3) is 0.733. The first-order valence-corrected chi connectivity index (χ1v) is 6.78. The van der Waals surface area contributed by atoms with Gasteiger partial charge in [-0.1, -0.05) is 11.6 Å². The second-order valence-corrected chi connectivity index (χ2v) is 6.76. The Labute approximate surface area is 114 Å². The summed E-state index contributed by atoms with van der Waals surface area (Å²) in [7, 11) is 0. The number of hydrogen-bond acceptors (Lipinski definition) is 4. The fourth-order valence-corrected chi connectivity index (χ4v) is 2.94. The van der Waals surface area contributed by atoms with E-state index >= 15 is 0 Å². The molecule has 2 atom stereocenters. The third-order valence-electron chi connectivity index (χ3n) is 3.90. The molecule has 1 saturated carbocycles. The first-order chi connectivity index (χ1) is 8.71. The number of esters is 2. The Balaban J connectivity index is 1.86. The molecule has 19 heavy (non-hydrogen) atoms. The summed E-state index contributed by atoms with van der Waals surface area (Å²) >= 11 is 0. The standard InChI is InChI=1S/C15H22O4/c1-14(2,3)19-12(16)9-18-13(17)15(4)8-10-5-6-11(15)7-10/h5,11H,6-9H2,1-4H3. The van der Waals surface area contributed by atoms with Crippen molar-refractivity contribution in [1.82, 2.24) is 0 Å². The van der Waals surface area contributed by atoms with Crippen molar-refractivity contribution in [3.63, 3.8) is 0 Å². The van der Waals surface area contributed by atoms with Crippen molar-refractivity contribution >= 4 is 11.9 Å². The van der Waals surface area contributed by atoms with E-state index in [1.54, 1.807) is 20.8 Å². The molecule has 0 saturated heterocycles. The van der Waals surface area contributed by atoms with Crippen LogP contribution in [0.1, 0.15) is 47.0 Å². The number of allylic oxidation sites excluding steroid dienone is 2. The molecule has 0 aromatic heterocycles. The Kier molecular flexibility index (Phi) is 3.45. The molecule has 1 fully saturated rings. The van der Waals surface area contributed by atoms with E-state index in [9.17, 15) is 9.59 Å². The number of fused-ring (bicyclic) bond motifs is 2. The van der Waals surface area contributed by atoms with Crippen molar-refractivity contribution in [3.05, 3.63) is 11.6 Å². The topological polar surface area (TPSA) is 52.6 Å². The van der Waals surface area contributed by atoms with Crippen LogP contribution in [0.2, 0.25) is 0 Å². The third-order valence-corrected chi connectivity index (χ3v) is 3.90. The minimum absolute atomic E-state index is 0.272. The van der Waals surface area contributed by atoms with E-state index in [4.69, 9.17) is 9.47 Å². The van der Waals surface area contributed by atoms with Crippen LogP contribution in [0.15, 0.2) is 11.6 Å². The van der Waals surface area contributed by atoms with E-state index in [2.05, 4.69) is 6.08 Å². The molecule has 4 nitrogen and oxygen atoms in total. The minimum atomic E-state index is -0.551. The van der Waals surface area contributed by atoms with Gasteiger partial charge >= 0.3 is 11.9 Å². The SMILES string of the molecule is CC(C)(C)OC(=O)COC(=O)C1(C)CC2=CCC1C2. The molecule has 0 aromatic rings. The first-order valence-electron chi connectivity index (χ1n) is 6.78. The number of rotatable bonds is 3. The Morgan fingerprint density at radius 3 is 2.58 bits per heavy atom. The molecular weight excluding hydrogens is 244 g/mol. The molecule has 0 aliphatic heterocycles. The van der Waals surface area contributed by atoms with E-state index in [-0.39, 0.29) is 12.6 Å². The first kappa shape index (κ1) is 14.1. The molecule has 2 unspecified atom stereocenters. The lowest BCUT2D eigenvalue weighted by molar-refractivity contribution is -0.172. The van der Waals surface area contributed by atoms with Crippen LogP contribution in [0, 0.1) is 11.3 Å². The molecule has 0 N–H and O–H groups in total. The van der Waals surface area contributed by atoms with Crippen molar-refractivity contribution in [3.8, 4) is 0 Å². The Hall–Kier alpha value is -1.32. The van der Waals surface area contributed by atoms with Gasteiger partial charge < -0.3 is 9.47 Å². The Morgan fingerprint density at radius 2 is 2.11 bits per heavy atom. The van der Waals surface area contributed by atoms with Gasteiger partial charge in [-0.25, -0.2) is 4.79 Å². The molecule has 4 heteroatoms. The summed E-state index contributed by atoms with van der Waals surface area (Å²) in [6.45, 7) is 7.01. The molecule has 0 heterocycles. The lowest BCUT2D eigenvalue weighted by Gasteiger charge is -2.29. The molecule has 2 bridgehead atoms. The van der Waals surface area contributed by atoms with Crippen molar-refractivity contribution < 1.29 is 19.1 Å². The highest BCUT2D eigenvalue weighted by Gasteiger charge is 2.50. The third kappa shape index (κ3) is 2.99. The lowest BCUT2D eigenvalue weighted by Crippen LogP contribution is -2.36. The second-order valence-electron chi connectivity index (χ2n) is 6.76. The molecule has 106 valence electrons. The van der Waals surface area contributed by atoms with Gasteiger partial charge in [0.1, 0.15) is 5.60 Å². The molecule has 0 amide bonds. The molecule has 2 aliphatic carbocycles. The van der Waals surface area contributed by atoms with Crippen molar-refractivity contribution in [1.29, 1.82) is 0 Å². The van der Waals surface area contributed by atoms with Crippen LogP contribution in [0.25, 0.3) is 0 Å². The molecule has 2 aliphatic rings. The van der Waals surface area contributed by atoms with Crippen LogP contribution in [0.3, 0.4) is 0 Å². The predicted molar refractivity (Wildman–Crippen MR) is 70.3 cm³/mol. The van der Waals surface area contributed by atoms with Crippen molar-refractivity contribution in [2.75, 3.05) is 6.61 Å². The summed E-state index contributed by atoms with van der Waals surface area (Å²) in [5.74, 6) is -0.424. The van der Waals surface area contributed by atoms with E-state index in [0.29, 0.717) is 5.92 Å². The predicted octanol–water partition coefficient (Wildman–Crippen LogP) is 2.62. The fourth-order valence-electron chi connectivity index (χ4n) is 2.94. The quantitative estimate of drug-likeness (QED) is 0.582. The maximum absolute atomic E-state index is 12.2. The van der Waals surface area contributed by atoms with Gasteiger partial charge in [0.2, 0.25) is 0 Å². The summed E-state index contributed by atoms with van der Waals surface area (Å²) in [5, 5.41) is 0. The number of carbonyl (C=O) groups is 2. The van der Waals surface area contributed by atoms with Gasteiger partial charge in [0.15, 0.2) is 6.61 Å². The average molecular weight is 266 g/mol. The zero-order valence-electron chi connectivity index (χ0n) is 12.1. The zero-order chi connectivity index (χ0) is 14.3. The van der Waals surface area contributed by atoms with Crippen LogP contribution in [0.5, 0.6) is 0 Å². The highest BCUT2D eigenvalue weighted by molar-refractivity contribution is 5.81. The summed E-state index contributed by atoms with van der Waals surface area (Å²) in [4.78, 5) is 23.7.